The number of ketones is 1. The maximum atomic E-state index is 11.6. The monoisotopic (exact) mass is 265 g/mol. The molecule has 0 unspecified atom stereocenters. The molecule has 5 heteroatoms. The largest absolute Gasteiger partial charge is 0.348 e. The molecule has 2 nitrogen and oxygen atoms in total. The zero-order valence-electron chi connectivity index (χ0n) is 8.14. The van der Waals surface area contributed by atoms with Gasteiger partial charge in [0.15, 0.2) is 0 Å². The normalized spacial score (nSPS) is 18.9. The van der Waals surface area contributed by atoms with E-state index >= 15 is 0 Å². The molecule has 1 saturated carbocycles. The molecule has 0 N–H and O–H groups in total. The Hall–Kier alpha value is -0.180. The lowest BCUT2D eigenvalue weighted by atomic mass is 10.2. The Morgan fingerprint density at radius 2 is 2.07 bits per heavy atom. The highest BCUT2D eigenvalue weighted by molar-refractivity contribution is 6.77. The Morgan fingerprint density at radius 1 is 1.47 bits per heavy atom. The van der Waals surface area contributed by atoms with Crippen molar-refractivity contribution < 1.29 is 4.79 Å². The van der Waals surface area contributed by atoms with E-state index in [1.165, 1.54) is 0 Å². The fraction of sp³-hybridized carbons (Fsp3) is 0.500. The highest BCUT2D eigenvalue weighted by Crippen LogP contribution is 2.43. The van der Waals surface area contributed by atoms with E-state index in [0.29, 0.717) is 5.56 Å². The predicted molar refractivity (Wildman–Crippen MR) is 61.9 cm³/mol. The third-order valence-electron chi connectivity index (χ3n) is 2.81. The summed E-state index contributed by atoms with van der Waals surface area (Å²) in [6, 6.07) is 1.69. The number of hydrogen-bond acceptors (Lipinski definition) is 1. The highest BCUT2D eigenvalue weighted by Gasteiger charge is 2.40. The van der Waals surface area contributed by atoms with Crippen LogP contribution in [0.2, 0.25) is 0 Å². The van der Waals surface area contributed by atoms with Crippen LogP contribution in [0.15, 0.2) is 18.5 Å². The topological polar surface area (TPSA) is 22.0 Å². The number of alkyl halides is 3. The summed E-state index contributed by atoms with van der Waals surface area (Å²) in [5.41, 5.74) is 0.606. The van der Waals surface area contributed by atoms with Crippen molar-refractivity contribution in [3.05, 3.63) is 24.0 Å². The number of carbonyl (C=O) groups is 1. The second-order valence-corrected chi connectivity index (χ2v) is 6.41. The molecule has 1 aromatic rings. The Morgan fingerprint density at radius 3 is 2.53 bits per heavy atom. The van der Waals surface area contributed by atoms with E-state index in [9.17, 15) is 4.79 Å². The molecule has 1 aliphatic rings. The minimum atomic E-state index is -1.86. The standard InChI is InChI=1S/C10H10Cl3NO/c1-9(3-4-9)14-5-2-7(6-14)8(15)10(11,12)13/h2,5-6H,3-4H2,1H3. The highest BCUT2D eigenvalue weighted by atomic mass is 35.6. The quantitative estimate of drug-likeness (QED) is 0.593. The molecule has 1 heterocycles. The average Bonchev–Trinajstić information content (AvgIpc) is 2.70. The fourth-order valence-electron chi connectivity index (χ4n) is 1.47. The summed E-state index contributed by atoms with van der Waals surface area (Å²) >= 11 is 16.6. The molecule has 0 aromatic carbocycles. The minimum Gasteiger partial charge on any atom is -0.348 e. The first-order valence-corrected chi connectivity index (χ1v) is 5.76. The molecule has 0 bridgehead atoms. The maximum Gasteiger partial charge on any atom is 0.253 e. The summed E-state index contributed by atoms with van der Waals surface area (Å²) in [6.07, 6.45) is 5.86. The number of Topliss-reactive ketones (excluding diaryl/α,β-unsaturated/α-hetero) is 1. The molecule has 1 aromatic heterocycles. The summed E-state index contributed by atoms with van der Waals surface area (Å²) in [5.74, 6) is -0.476. The summed E-state index contributed by atoms with van der Waals surface area (Å²) < 4.78 is 0.146. The second-order valence-electron chi connectivity index (χ2n) is 4.13. The number of nitrogens with zero attached hydrogens (tertiary/aromatic N) is 1. The van der Waals surface area contributed by atoms with Gasteiger partial charge in [-0.1, -0.05) is 34.8 Å². The Bertz CT molecular complexity index is 401. The van der Waals surface area contributed by atoms with Gasteiger partial charge in [0.2, 0.25) is 5.78 Å². The van der Waals surface area contributed by atoms with Crippen LogP contribution in [0.1, 0.15) is 30.1 Å². The average molecular weight is 267 g/mol. The van der Waals surface area contributed by atoms with Crippen LogP contribution in [0, 0.1) is 0 Å². The summed E-state index contributed by atoms with van der Waals surface area (Å²) in [5, 5.41) is 0. The van der Waals surface area contributed by atoms with Crippen LogP contribution in [0.4, 0.5) is 0 Å². The van der Waals surface area contributed by atoms with E-state index in [-0.39, 0.29) is 5.54 Å². The number of rotatable bonds is 2. The molecule has 82 valence electrons. The molecule has 1 fully saturated rings. The number of carbonyl (C=O) groups excluding carboxylic acids is 1. The van der Waals surface area contributed by atoms with Crippen LogP contribution in [-0.2, 0) is 5.54 Å². The number of hydrogen-bond donors (Lipinski definition) is 0. The summed E-state index contributed by atoms with van der Waals surface area (Å²) in [7, 11) is 0. The van der Waals surface area contributed by atoms with Gasteiger partial charge in [-0.05, 0) is 25.8 Å². The molecule has 0 atom stereocenters. The predicted octanol–water partition coefficient (Wildman–Crippen LogP) is 3.55. The Labute approximate surface area is 103 Å². The van der Waals surface area contributed by atoms with E-state index in [0.717, 1.165) is 12.8 Å². The lowest BCUT2D eigenvalue weighted by Crippen LogP contribution is -2.18. The van der Waals surface area contributed by atoms with Crippen molar-refractivity contribution in [3.8, 4) is 0 Å². The van der Waals surface area contributed by atoms with Crippen molar-refractivity contribution in [1.82, 2.24) is 4.57 Å². The van der Waals surface area contributed by atoms with Gasteiger partial charge < -0.3 is 4.57 Å². The van der Waals surface area contributed by atoms with E-state index in [1.807, 2.05) is 10.8 Å². The van der Waals surface area contributed by atoms with Crippen LogP contribution in [0.25, 0.3) is 0 Å². The van der Waals surface area contributed by atoms with E-state index in [4.69, 9.17) is 34.8 Å². The van der Waals surface area contributed by atoms with Crippen LogP contribution < -0.4 is 0 Å². The second kappa shape index (κ2) is 3.41. The van der Waals surface area contributed by atoms with Crippen LogP contribution in [0.3, 0.4) is 0 Å². The van der Waals surface area contributed by atoms with Crippen LogP contribution in [-0.4, -0.2) is 14.1 Å². The third kappa shape index (κ3) is 2.17. The zero-order valence-corrected chi connectivity index (χ0v) is 10.4. The minimum absolute atomic E-state index is 0.159. The van der Waals surface area contributed by atoms with Crippen molar-refractivity contribution in [3.63, 3.8) is 0 Å². The lowest BCUT2D eigenvalue weighted by Gasteiger charge is -2.10. The maximum absolute atomic E-state index is 11.6. The van der Waals surface area contributed by atoms with Gasteiger partial charge in [0.1, 0.15) is 0 Å². The summed E-state index contributed by atoms with van der Waals surface area (Å²) in [6.45, 7) is 2.14. The van der Waals surface area contributed by atoms with E-state index in [1.54, 1.807) is 12.3 Å². The molecular formula is C10H10Cl3NO. The van der Waals surface area contributed by atoms with E-state index < -0.39 is 9.58 Å². The number of halogens is 3. The third-order valence-corrected chi connectivity index (χ3v) is 3.32. The van der Waals surface area contributed by atoms with Crippen LogP contribution in [0.5, 0.6) is 0 Å². The van der Waals surface area contributed by atoms with Gasteiger partial charge in [-0.2, -0.15) is 0 Å². The van der Waals surface area contributed by atoms with Gasteiger partial charge in [0.05, 0.1) is 0 Å². The van der Waals surface area contributed by atoms with Crippen molar-refractivity contribution in [2.75, 3.05) is 0 Å². The van der Waals surface area contributed by atoms with Gasteiger partial charge in [-0.15, -0.1) is 0 Å². The molecule has 2 rings (SSSR count). The SMILES string of the molecule is CC1(n2ccc(C(=O)C(Cl)(Cl)Cl)c2)CC1. The molecule has 0 spiro atoms. The molecule has 0 aliphatic heterocycles. The molecule has 0 amide bonds. The van der Waals surface area contributed by atoms with Crippen molar-refractivity contribution >= 4 is 40.6 Å². The molecule has 15 heavy (non-hydrogen) atoms. The first kappa shape index (κ1) is 11.3. The van der Waals surface area contributed by atoms with Gasteiger partial charge in [-0.3, -0.25) is 4.79 Å². The zero-order chi connectivity index (χ0) is 11.3. The van der Waals surface area contributed by atoms with Gasteiger partial charge in [-0.25, -0.2) is 0 Å². The van der Waals surface area contributed by atoms with Gasteiger partial charge in [0, 0.05) is 23.5 Å². The molecule has 0 radical (unpaired) electrons. The smallest absolute Gasteiger partial charge is 0.253 e. The van der Waals surface area contributed by atoms with E-state index in [2.05, 4.69) is 6.92 Å². The molecule has 0 saturated heterocycles. The van der Waals surface area contributed by atoms with Crippen molar-refractivity contribution in [2.45, 2.75) is 29.1 Å². The first-order valence-electron chi connectivity index (χ1n) is 4.63. The fourth-order valence-corrected chi connectivity index (χ4v) is 1.80. The Balaban J connectivity index is 2.24. The van der Waals surface area contributed by atoms with Gasteiger partial charge >= 0.3 is 0 Å². The Kier molecular flexibility index (Phi) is 2.57. The van der Waals surface area contributed by atoms with Crippen molar-refractivity contribution in [1.29, 1.82) is 0 Å². The molecular weight excluding hydrogens is 256 g/mol. The summed E-state index contributed by atoms with van der Waals surface area (Å²) in [4.78, 5) is 11.6. The van der Waals surface area contributed by atoms with Crippen LogP contribution >= 0.6 is 34.8 Å². The molecule has 1 aliphatic carbocycles. The first-order chi connectivity index (χ1) is 6.83. The number of aromatic nitrogens is 1. The lowest BCUT2D eigenvalue weighted by molar-refractivity contribution is 0.0996. The van der Waals surface area contributed by atoms with Crippen molar-refractivity contribution in [2.24, 2.45) is 0 Å². The van der Waals surface area contributed by atoms with Gasteiger partial charge in [0.25, 0.3) is 3.79 Å².